The average Bonchev–Trinajstić information content (AvgIpc) is 2.70. The van der Waals surface area contributed by atoms with Gasteiger partial charge in [0.05, 0.1) is 5.75 Å². The van der Waals surface area contributed by atoms with Gasteiger partial charge in [-0.2, -0.15) is 0 Å². The molecule has 0 fully saturated rings. The number of halogens is 2. The highest BCUT2D eigenvalue weighted by Gasteiger charge is 2.06. The molecule has 1 N–H and O–H groups in total. The molecule has 0 aliphatic heterocycles. The van der Waals surface area contributed by atoms with Gasteiger partial charge in [-0.3, -0.25) is 4.79 Å². The predicted octanol–water partition coefficient (Wildman–Crippen LogP) is 7.16. The predicted molar refractivity (Wildman–Crippen MR) is 124 cm³/mol. The Morgan fingerprint density at radius 2 is 1.64 bits per heavy atom. The zero-order valence-corrected chi connectivity index (χ0v) is 18.2. The molecule has 3 aromatic carbocycles. The zero-order valence-electron chi connectivity index (χ0n) is 15.0. The van der Waals surface area contributed by atoms with Crippen LogP contribution in [0.3, 0.4) is 0 Å². The molecule has 0 unspecified atom stereocenters. The number of anilines is 1. The minimum Gasteiger partial charge on any atom is -0.325 e. The van der Waals surface area contributed by atoms with E-state index in [0.29, 0.717) is 21.6 Å². The molecule has 0 aromatic heterocycles. The quantitative estimate of drug-likeness (QED) is 0.371. The third kappa shape index (κ3) is 6.78. The summed E-state index contributed by atoms with van der Waals surface area (Å²) < 4.78 is 0. The summed E-state index contributed by atoms with van der Waals surface area (Å²) in [7, 11) is 0. The number of amides is 1. The molecule has 6 heteroatoms. The molecule has 0 saturated carbocycles. The third-order valence-electron chi connectivity index (χ3n) is 3.89. The summed E-state index contributed by atoms with van der Waals surface area (Å²) in [6.45, 7) is 0. The molecule has 0 aliphatic carbocycles. The van der Waals surface area contributed by atoms with Crippen molar-refractivity contribution in [3.8, 4) is 0 Å². The van der Waals surface area contributed by atoms with Gasteiger partial charge >= 0.3 is 0 Å². The first-order valence-electron chi connectivity index (χ1n) is 8.68. The van der Waals surface area contributed by atoms with Crippen molar-refractivity contribution in [1.82, 2.24) is 0 Å². The van der Waals surface area contributed by atoms with Crippen LogP contribution < -0.4 is 5.32 Å². The Kier molecular flexibility index (Phi) is 8.16. The molecule has 0 spiro atoms. The Morgan fingerprint density at radius 3 is 2.36 bits per heavy atom. The van der Waals surface area contributed by atoms with Gasteiger partial charge in [0.15, 0.2) is 0 Å². The first kappa shape index (κ1) is 21.1. The fraction of sp³-hybridized carbons (Fsp3) is 0.136. The van der Waals surface area contributed by atoms with Crippen LogP contribution in [-0.2, 0) is 16.3 Å². The number of carbonyl (C=O) groups is 1. The highest BCUT2D eigenvalue weighted by atomic mass is 35.5. The van der Waals surface area contributed by atoms with Crippen LogP contribution in [0.25, 0.3) is 0 Å². The molecule has 3 aromatic rings. The van der Waals surface area contributed by atoms with Gasteiger partial charge in [-0.1, -0.05) is 59.6 Å². The Bertz CT molecular complexity index is 918. The molecule has 0 atom stereocenters. The first-order chi connectivity index (χ1) is 13.6. The molecule has 0 aliphatic rings. The van der Waals surface area contributed by atoms with Gasteiger partial charge in [0.25, 0.3) is 0 Å². The zero-order chi connectivity index (χ0) is 19.8. The average molecular weight is 448 g/mol. The van der Waals surface area contributed by atoms with Crippen LogP contribution in [0.15, 0.2) is 77.7 Å². The van der Waals surface area contributed by atoms with Gasteiger partial charge in [-0.05, 0) is 47.5 Å². The van der Waals surface area contributed by atoms with Crippen LogP contribution in [0.2, 0.25) is 10.0 Å². The van der Waals surface area contributed by atoms with Crippen molar-refractivity contribution in [2.45, 2.75) is 16.4 Å². The largest absolute Gasteiger partial charge is 0.325 e. The number of hydrogen-bond donors (Lipinski definition) is 1. The molecular formula is C22H19Cl2NOS2. The van der Waals surface area contributed by atoms with Gasteiger partial charge in [0.1, 0.15) is 0 Å². The Morgan fingerprint density at radius 1 is 0.893 bits per heavy atom. The van der Waals surface area contributed by atoms with E-state index in [1.54, 1.807) is 23.9 Å². The second-order valence-corrected chi connectivity index (χ2v) is 8.95. The van der Waals surface area contributed by atoms with Gasteiger partial charge in [-0.25, -0.2) is 0 Å². The van der Waals surface area contributed by atoms with Crippen molar-refractivity contribution in [2.24, 2.45) is 0 Å². The third-order valence-corrected chi connectivity index (χ3v) is 6.54. The van der Waals surface area contributed by atoms with Gasteiger partial charge in [0, 0.05) is 32.1 Å². The number of benzene rings is 3. The van der Waals surface area contributed by atoms with Gasteiger partial charge < -0.3 is 5.32 Å². The monoisotopic (exact) mass is 447 g/mol. The molecule has 28 heavy (non-hydrogen) atoms. The molecule has 0 heterocycles. The normalized spacial score (nSPS) is 10.6. The van der Waals surface area contributed by atoms with Crippen molar-refractivity contribution >= 4 is 58.3 Å². The van der Waals surface area contributed by atoms with Crippen LogP contribution in [0.5, 0.6) is 0 Å². The molecule has 0 bridgehead atoms. The number of rotatable bonds is 8. The lowest BCUT2D eigenvalue weighted by molar-refractivity contribution is -0.113. The summed E-state index contributed by atoms with van der Waals surface area (Å²) in [6.07, 6.45) is 0. The number of carbonyl (C=O) groups excluding carboxylic acids is 1. The lowest BCUT2D eigenvalue weighted by atomic mass is 10.2. The van der Waals surface area contributed by atoms with Crippen LogP contribution >= 0.6 is 46.7 Å². The van der Waals surface area contributed by atoms with Crippen molar-refractivity contribution in [3.05, 3.63) is 94.0 Å². The summed E-state index contributed by atoms with van der Waals surface area (Å²) in [6, 6.07) is 23.7. The molecule has 1 amide bonds. The Labute approximate surface area is 184 Å². The summed E-state index contributed by atoms with van der Waals surface area (Å²) in [5, 5.41) is 4.17. The SMILES string of the molecule is O=C(CSCc1ccc(Cl)cc1Cl)Nc1ccc(CSc2ccccc2)cc1. The highest BCUT2D eigenvalue weighted by molar-refractivity contribution is 7.99. The molecule has 144 valence electrons. The van der Waals surface area contributed by atoms with Crippen molar-refractivity contribution < 1.29 is 4.79 Å². The summed E-state index contributed by atoms with van der Waals surface area (Å²) in [4.78, 5) is 13.4. The Hall–Kier alpha value is -1.59. The standard InChI is InChI=1S/C22H19Cl2NOS2/c23-18-9-8-17(21(24)12-18)14-27-15-22(26)25-19-10-6-16(7-11-19)13-28-20-4-2-1-3-5-20/h1-12H,13-15H2,(H,25,26). The fourth-order valence-corrected chi connectivity index (χ4v) is 4.72. The lowest BCUT2D eigenvalue weighted by Crippen LogP contribution is -2.14. The van der Waals surface area contributed by atoms with E-state index in [9.17, 15) is 4.79 Å². The molecule has 0 saturated heterocycles. The van der Waals surface area contributed by atoms with E-state index in [4.69, 9.17) is 23.2 Å². The molecule has 3 rings (SSSR count). The van der Waals surface area contributed by atoms with Crippen molar-refractivity contribution in [1.29, 1.82) is 0 Å². The number of nitrogens with one attached hydrogen (secondary N) is 1. The maximum atomic E-state index is 12.1. The van der Waals surface area contributed by atoms with E-state index in [1.165, 1.54) is 22.2 Å². The maximum absolute atomic E-state index is 12.1. The minimum atomic E-state index is -0.0264. The first-order valence-corrected chi connectivity index (χ1v) is 11.6. The fourth-order valence-electron chi connectivity index (χ4n) is 2.46. The molecule has 0 radical (unpaired) electrons. The number of hydrogen-bond acceptors (Lipinski definition) is 3. The highest BCUT2D eigenvalue weighted by Crippen LogP contribution is 2.25. The van der Waals surface area contributed by atoms with Crippen molar-refractivity contribution in [3.63, 3.8) is 0 Å². The molecular weight excluding hydrogens is 429 g/mol. The van der Waals surface area contributed by atoms with Gasteiger partial charge in [0.2, 0.25) is 5.91 Å². The minimum absolute atomic E-state index is 0.0264. The molecule has 2 nitrogen and oxygen atoms in total. The van der Waals surface area contributed by atoms with E-state index in [-0.39, 0.29) is 5.91 Å². The topological polar surface area (TPSA) is 29.1 Å². The van der Waals surface area contributed by atoms with E-state index in [2.05, 4.69) is 17.4 Å². The second kappa shape index (κ2) is 10.8. The van der Waals surface area contributed by atoms with Crippen LogP contribution in [0, 0.1) is 0 Å². The summed E-state index contributed by atoms with van der Waals surface area (Å²) in [5.41, 5.74) is 3.01. The second-order valence-electron chi connectivity index (χ2n) is 6.08. The van der Waals surface area contributed by atoms with Gasteiger partial charge in [-0.15, -0.1) is 23.5 Å². The van der Waals surface area contributed by atoms with Crippen LogP contribution in [0.4, 0.5) is 5.69 Å². The lowest BCUT2D eigenvalue weighted by Gasteiger charge is -2.08. The van der Waals surface area contributed by atoms with E-state index < -0.39 is 0 Å². The van der Waals surface area contributed by atoms with Crippen LogP contribution in [0.1, 0.15) is 11.1 Å². The maximum Gasteiger partial charge on any atom is 0.234 e. The number of thioether (sulfide) groups is 2. The van der Waals surface area contributed by atoms with E-state index in [0.717, 1.165) is 17.0 Å². The van der Waals surface area contributed by atoms with Crippen LogP contribution in [-0.4, -0.2) is 11.7 Å². The van der Waals surface area contributed by atoms with E-state index in [1.807, 2.05) is 48.5 Å². The Balaban J connectivity index is 1.42. The van der Waals surface area contributed by atoms with E-state index >= 15 is 0 Å². The van der Waals surface area contributed by atoms with Crippen molar-refractivity contribution in [2.75, 3.05) is 11.1 Å². The summed E-state index contributed by atoms with van der Waals surface area (Å²) >= 11 is 15.4. The smallest absolute Gasteiger partial charge is 0.234 e. The summed E-state index contributed by atoms with van der Waals surface area (Å²) in [5.74, 6) is 1.90.